The number of nitrogens with one attached hydrogen (secondary N) is 1. The van der Waals surface area contributed by atoms with Gasteiger partial charge in [-0.2, -0.15) is 0 Å². The smallest absolute Gasteiger partial charge is 0.438 e. The zero-order chi connectivity index (χ0) is 19.8. The van der Waals surface area contributed by atoms with E-state index in [1.165, 1.54) is 12.7 Å². The molecule has 0 unspecified atom stereocenters. The molecule has 0 saturated carbocycles. The molecule has 0 aliphatic heterocycles. The number of hydrogen-bond acceptors (Lipinski definition) is 4. The van der Waals surface area contributed by atoms with Crippen LogP contribution >= 0.6 is 11.6 Å². The summed E-state index contributed by atoms with van der Waals surface area (Å²) in [5.74, 6) is 0. The molecule has 146 valence electrons. The summed E-state index contributed by atoms with van der Waals surface area (Å²) in [5, 5.41) is 1.86. The van der Waals surface area contributed by atoms with E-state index in [1.54, 1.807) is 0 Å². The van der Waals surface area contributed by atoms with Gasteiger partial charge in [0.1, 0.15) is 6.61 Å². The Labute approximate surface area is 169 Å². The predicted octanol–water partition coefficient (Wildman–Crippen LogP) is 5.16. The molecule has 3 rings (SSSR count). The highest BCUT2D eigenvalue weighted by atomic mass is 35.5. The molecule has 0 saturated heterocycles. The Bertz CT molecular complexity index is 937. The molecule has 0 spiro atoms. The monoisotopic (exact) mass is 398 g/mol. The maximum atomic E-state index is 11.0. The first kappa shape index (κ1) is 20.0. The number of methoxy groups -OCH3 is 1. The summed E-state index contributed by atoms with van der Waals surface area (Å²) in [6.07, 6.45) is 3.13. The van der Waals surface area contributed by atoms with Gasteiger partial charge in [-0.3, -0.25) is 4.90 Å². The standard InChI is InChI=1S/C22H23ClN2O3/c1-27-22(26)28-12-6-5-11-25(15-17-7-3-2-4-8-17)16-20-13-18-9-10-19(23)14-21(18)24-20/h2-10,13-14,24H,11-12,15-16H2,1H3/b6-5+. The molecule has 0 fully saturated rings. The Kier molecular flexibility index (Phi) is 7.12. The van der Waals surface area contributed by atoms with Crippen molar-refractivity contribution in [1.82, 2.24) is 9.88 Å². The fraction of sp³-hybridized carbons (Fsp3) is 0.227. The van der Waals surface area contributed by atoms with Crippen LogP contribution in [0.5, 0.6) is 0 Å². The van der Waals surface area contributed by atoms with E-state index in [-0.39, 0.29) is 6.61 Å². The van der Waals surface area contributed by atoms with Gasteiger partial charge < -0.3 is 14.5 Å². The molecular weight excluding hydrogens is 376 g/mol. The molecule has 6 heteroatoms. The number of nitrogens with zero attached hydrogens (tertiary/aromatic N) is 1. The summed E-state index contributed by atoms with van der Waals surface area (Å²) in [4.78, 5) is 16.7. The lowest BCUT2D eigenvalue weighted by molar-refractivity contribution is 0.0817. The summed E-state index contributed by atoms with van der Waals surface area (Å²) in [5.41, 5.74) is 3.39. The van der Waals surface area contributed by atoms with Crippen LogP contribution in [0.3, 0.4) is 0 Å². The van der Waals surface area contributed by atoms with Crippen molar-refractivity contribution >= 4 is 28.7 Å². The molecular formula is C22H23ClN2O3. The highest BCUT2D eigenvalue weighted by molar-refractivity contribution is 6.31. The van der Waals surface area contributed by atoms with Gasteiger partial charge >= 0.3 is 6.16 Å². The van der Waals surface area contributed by atoms with E-state index in [4.69, 9.17) is 16.3 Å². The molecule has 0 bridgehead atoms. The number of hydrogen-bond donors (Lipinski definition) is 1. The number of rotatable bonds is 8. The highest BCUT2D eigenvalue weighted by Crippen LogP contribution is 2.21. The number of fused-ring (bicyclic) bond motifs is 1. The van der Waals surface area contributed by atoms with Gasteiger partial charge in [0, 0.05) is 35.9 Å². The average molecular weight is 399 g/mol. The van der Waals surface area contributed by atoms with Gasteiger partial charge in [0.25, 0.3) is 0 Å². The topological polar surface area (TPSA) is 54.6 Å². The molecule has 0 amide bonds. The van der Waals surface area contributed by atoms with Crippen LogP contribution in [0.15, 0.2) is 66.7 Å². The van der Waals surface area contributed by atoms with Crippen molar-refractivity contribution in [3.05, 3.63) is 83.0 Å². The summed E-state index contributed by atoms with van der Waals surface area (Å²) in [6, 6.07) is 18.3. The van der Waals surface area contributed by atoms with Crippen LogP contribution in [-0.2, 0) is 22.6 Å². The van der Waals surface area contributed by atoms with Crippen molar-refractivity contribution in [2.45, 2.75) is 13.1 Å². The highest BCUT2D eigenvalue weighted by Gasteiger charge is 2.09. The third kappa shape index (κ3) is 5.87. The second-order valence-corrected chi connectivity index (χ2v) is 6.85. The minimum Gasteiger partial charge on any atom is -0.438 e. The summed E-state index contributed by atoms with van der Waals surface area (Å²) in [6.45, 7) is 2.47. The zero-order valence-corrected chi connectivity index (χ0v) is 16.5. The number of aromatic nitrogens is 1. The number of aromatic amines is 1. The number of benzene rings is 2. The third-order valence-corrected chi connectivity index (χ3v) is 4.51. The Morgan fingerprint density at radius 3 is 2.71 bits per heavy atom. The second-order valence-electron chi connectivity index (χ2n) is 6.42. The summed E-state index contributed by atoms with van der Waals surface area (Å²) >= 11 is 6.09. The average Bonchev–Trinajstić information content (AvgIpc) is 3.09. The van der Waals surface area contributed by atoms with Gasteiger partial charge in [-0.1, -0.05) is 54.1 Å². The molecule has 28 heavy (non-hydrogen) atoms. The predicted molar refractivity (Wildman–Crippen MR) is 111 cm³/mol. The van der Waals surface area contributed by atoms with Crippen molar-refractivity contribution in [3.8, 4) is 0 Å². The molecule has 1 aromatic heterocycles. The number of halogens is 1. The van der Waals surface area contributed by atoms with E-state index in [9.17, 15) is 4.79 Å². The normalized spacial score (nSPS) is 11.4. The first-order valence-corrected chi connectivity index (χ1v) is 9.41. The lowest BCUT2D eigenvalue weighted by Gasteiger charge is -2.20. The Morgan fingerprint density at radius 2 is 1.93 bits per heavy atom. The van der Waals surface area contributed by atoms with Gasteiger partial charge in [0.2, 0.25) is 0 Å². The third-order valence-electron chi connectivity index (χ3n) is 4.28. The first-order chi connectivity index (χ1) is 13.6. The molecule has 3 aromatic rings. The van der Waals surface area contributed by atoms with E-state index >= 15 is 0 Å². The van der Waals surface area contributed by atoms with E-state index in [0.717, 1.165) is 41.3 Å². The molecule has 5 nitrogen and oxygen atoms in total. The van der Waals surface area contributed by atoms with Crippen LogP contribution in [-0.4, -0.2) is 36.3 Å². The van der Waals surface area contributed by atoms with Crippen molar-refractivity contribution in [2.24, 2.45) is 0 Å². The van der Waals surface area contributed by atoms with E-state index < -0.39 is 6.16 Å². The van der Waals surface area contributed by atoms with Crippen LogP contribution in [0, 0.1) is 0 Å². The SMILES string of the molecule is COC(=O)OC/C=C/CN(Cc1ccccc1)Cc1cc2ccc(Cl)cc2[nH]1. The molecule has 1 N–H and O–H groups in total. The van der Waals surface area contributed by atoms with Crippen LogP contribution in [0.2, 0.25) is 5.02 Å². The van der Waals surface area contributed by atoms with Crippen molar-refractivity contribution in [1.29, 1.82) is 0 Å². The van der Waals surface area contributed by atoms with Crippen molar-refractivity contribution in [2.75, 3.05) is 20.3 Å². The minimum atomic E-state index is -0.678. The number of carbonyl (C=O) groups excluding carboxylic acids is 1. The van der Waals surface area contributed by atoms with Crippen LogP contribution in [0.1, 0.15) is 11.3 Å². The zero-order valence-electron chi connectivity index (χ0n) is 15.7. The van der Waals surface area contributed by atoms with Gasteiger partial charge in [-0.05, 0) is 35.2 Å². The Morgan fingerprint density at radius 1 is 1.11 bits per heavy atom. The van der Waals surface area contributed by atoms with Crippen molar-refractivity contribution < 1.29 is 14.3 Å². The number of H-pyrrole nitrogens is 1. The molecule has 1 heterocycles. The van der Waals surface area contributed by atoms with Crippen molar-refractivity contribution in [3.63, 3.8) is 0 Å². The summed E-state index contributed by atoms with van der Waals surface area (Å²) < 4.78 is 9.33. The van der Waals surface area contributed by atoms with Crippen LogP contribution in [0.25, 0.3) is 10.9 Å². The van der Waals surface area contributed by atoms with E-state index in [2.05, 4.69) is 32.8 Å². The van der Waals surface area contributed by atoms with E-state index in [0.29, 0.717) is 0 Å². The Hall–Kier alpha value is -2.76. The van der Waals surface area contributed by atoms with Gasteiger partial charge in [-0.25, -0.2) is 4.79 Å². The maximum Gasteiger partial charge on any atom is 0.508 e. The number of ether oxygens (including phenoxy) is 2. The minimum absolute atomic E-state index is 0.191. The lowest BCUT2D eigenvalue weighted by atomic mass is 10.2. The first-order valence-electron chi connectivity index (χ1n) is 9.03. The summed E-state index contributed by atoms with van der Waals surface area (Å²) in [7, 11) is 1.29. The van der Waals surface area contributed by atoms with Crippen LogP contribution < -0.4 is 0 Å². The molecule has 0 aliphatic carbocycles. The lowest BCUT2D eigenvalue weighted by Crippen LogP contribution is -2.23. The fourth-order valence-corrected chi connectivity index (χ4v) is 3.15. The number of carbonyl (C=O) groups is 1. The Balaban J connectivity index is 1.67. The molecule has 2 aromatic carbocycles. The maximum absolute atomic E-state index is 11.0. The molecule has 0 radical (unpaired) electrons. The largest absolute Gasteiger partial charge is 0.508 e. The molecule has 0 atom stereocenters. The van der Waals surface area contributed by atoms with Crippen LogP contribution in [0.4, 0.5) is 4.79 Å². The second kappa shape index (κ2) is 9.97. The van der Waals surface area contributed by atoms with Gasteiger partial charge in [-0.15, -0.1) is 0 Å². The van der Waals surface area contributed by atoms with Gasteiger partial charge in [0.05, 0.1) is 7.11 Å². The molecule has 0 aliphatic rings. The quantitative estimate of drug-likeness (QED) is 0.420. The fourth-order valence-electron chi connectivity index (χ4n) is 2.98. The van der Waals surface area contributed by atoms with E-state index in [1.807, 2.05) is 48.6 Å². The van der Waals surface area contributed by atoms with Gasteiger partial charge in [0.15, 0.2) is 0 Å².